The summed E-state index contributed by atoms with van der Waals surface area (Å²) in [4.78, 5) is 3.72. The van der Waals surface area contributed by atoms with Crippen molar-refractivity contribution in [3.8, 4) is 11.1 Å². The summed E-state index contributed by atoms with van der Waals surface area (Å²) in [5.41, 5.74) is 8.64. The third-order valence-corrected chi connectivity index (χ3v) is 6.07. The molecule has 0 radical (unpaired) electrons. The van der Waals surface area contributed by atoms with Gasteiger partial charge in [-0.2, -0.15) is 10.2 Å². The molecule has 0 amide bonds. The monoisotopic (exact) mass is 382 g/mol. The molecule has 0 aliphatic heterocycles. The molecule has 29 heavy (non-hydrogen) atoms. The molecule has 0 spiro atoms. The zero-order chi connectivity index (χ0) is 19.8. The number of hydrogen-bond donors (Lipinski definition) is 2. The van der Waals surface area contributed by atoms with Gasteiger partial charge in [-0.1, -0.05) is 36.4 Å². The number of nitrogens with zero attached hydrogens (tertiary/aromatic N) is 2. The van der Waals surface area contributed by atoms with Crippen LogP contribution in [0, 0.1) is 6.92 Å². The largest absolute Gasteiger partial charge is 0.357 e. The third kappa shape index (κ3) is 3.45. The van der Waals surface area contributed by atoms with Crippen LogP contribution < -0.4 is 5.32 Å². The van der Waals surface area contributed by atoms with Gasteiger partial charge in [0.2, 0.25) is 0 Å². The zero-order valence-electron chi connectivity index (χ0n) is 16.9. The lowest BCUT2D eigenvalue weighted by atomic mass is 9.90. The van der Waals surface area contributed by atoms with Crippen molar-refractivity contribution in [1.29, 1.82) is 0 Å². The molecule has 2 aromatic heterocycles. The molecule has 2 N–H and O–H groups in total. The van der Waals surface area contributed by atoms with Crippen molar-refractivity contribution >= 4 is 10.9 Å². The Morgan fingerprint density at radius 1 is 1.07 bits per heavy atom. The Labute approximate surface area is 171 Å². The first-order valence-electron chi connectivity index (χ1n) is 10.4. The number of H-pyrrole nitrogens is 1. The summed E-state index contributed by atoms with van der Waals surface area (Å²) in [6, 6.07) is 20.2. The van der Waals surface area contributed by atoms with Crippen LogP contribution in [0.15, 0.2) is 60.8 Å². The summed E-state index contributed by atoms with van der Waals surface area (Å²) in [6.45, 7) is 4.24. The average molecular weight is 383 g/mol. The van der Waals surface area contributed by atoms with Gasteiger partial charge in [0.1, 0.15) is 0 Å². The molecule has 2 heterocycles. The number of hydrogen-bond acceptors (Lipinski definition) is 3. The van der Waals surface area contributed by atoms with Crippen LogP contribution in [0.4, 0.5) is 0 Å². The Balaban J connectivity index is 1.50. The SMILES string of the molecule is Cc1cc(-c2ccc3[nH]c4c(c3c2)CCCC4NC(C)c2ccccc2)cnn1. The topological polar surface area (TPSA) is 53.6 Å². The number of aryl methyl sites for hydroxylation is 2. The van der Waals surface area contributed by atoms with E-state index in [2.05, 4.69) is 82.0 Å². The molecule has 4 nitrogen and oxygen atoms in total. The second-order valence-electron chi connectivity index (χ2n) is 8.11. The van der Waals surface area contributed by atoms with Gasteiger partial charge < -0.3 is 10.3 Å². The van der Waals surface area contributed by atoms with E-state index in [0.717, 1.165) is 24.1 Å². The van der Waals surface area contributed by atoms with E-state index in [1.807, 2.05) is 13.1 Å². The summed E-state index contributed by atoms with van der Waals surface area (Å²) in [5, 5.41) is 13.4. The van der Waals surface area contributed by atoms with Gasteiger partial charge in [0.15, 0.2) is 0 Å². The second kappa shape index (κ2) is 7.45. The minimum absolute atomic E-state index is 0.319. The van der Waals surface area contributed by atoms with Gasteiger partial charge in [0.25, 0.3) is 0 Å². The lowest BCUT2D eigenvalue weighted by Gasteiger charge is -2.27. The fourth-order valence-corrected chi connectivity index (χ4v) is 4.58. The van der Waals surface area contributed by atoms with Crippen LogP contribution in [0.1, 0.15) is 54.4 Å². The molecule has 4 heteroatoms. The fraction of sp³-hybridized carbons (Fsp3) is 0.280. The Kier molecular flexibility index (Phi) is 4.64. The highest BCUT2D eigenvalue weighted by atomic mass is 15.1. The van der Waals surface area contributed by atoms with Crippen LogP contribution in [0.25, 0.3) is 22.0 Å². The quantitative estimate of drug-likeness (QED) is 0.479. The second-order valence-corrected chi connectivity index (χ2v) is 8.11. The molecule has 1 aliphatic rings. The average Bonchev–Trinajstić information content (AvgIpc) is 3.13. The van der Waals surface area contributed by atoms with Crippen molar-refractivity contribution in [2.24, 2.45) is 0 Å². The van der Waals surface area contributed by atoms with Gasteiger partial charge in [-0.25, -0.2) is 0 Å². The molecule has 0 bridgehead atoms. The predicted octanol–water partition coefficient (Wildman–Crippen LogP) is 5.66. The lowest BCUT2D eigenvalue weighted by Crippen LogP contribution is -2.27. The molecule has 1 aliphatic carbocycles. The van der Waals surface area contributed by atoms with Gasteiger partial charge in [-0.15, -0.1) is 0 Å². The molecule has 0 saturated heterocycles. The zero-order valence-corrected chi connectivity index (χ0v) is 16.9. The Hall–Kier alpha value is -2.98. The van der Waals surface area contributed by atoms with E-state index in [1.54, 1.807) is 0 Å². The van der Waals surface area contributed by atoms with Crippen LogP contribution in [-0.2, 0) is 6.42 Å². The summed E-state index contributed by atoms with van der Waals surface area (Å²) in [5.74, 6) is 0. The van der Waals surface area contributed by atoms with Crippen molar-refractivity contribution in [2.75, 3.05) is 0 Å². The van der Waals surface area contributed by atoms with Crippen molar-refractivity contribution in [3.63, 3.8) is 0 Å². The number of rotatable bonds is 4. The standard InChI is InChI=1S/C25H26N4/c1-16-13-20(15-26-29-16)19-11-12-23-22(14-19)21-9-6-10-24(25(21)28-23)27-17(2)18-7-4-3-5-8-18/h3-5,7-8,11-15,17,24,27-28H,6,9-10H2,1-2H3. The molecule has 2 atom stereocenters. The highest BCUT2D eigenvalue weighted by Crippen LogP contribution is 2.37. The molecule has 5 rings (SSSR count). The summed E-state index contributed by atoms with van der Waals surface area (Å²) in [6.07, 6.45) is 5.35. The van der Waals surface area contributed by atoms with Crippen LogP contribution in [0.2, 0.25) is 0 Å². The molecule has 2 aromatic carbocycles. The van der Waals surface area contributed by atoms with Gasteiger partial charge in [0.05, 0.1) is 11.9 Å². The van der Waals surface area contributed by atoms with Crippen LogP contribution in [-0.4, -0.2) is 15.2 Å². The van der Waals surface area contributed by atoms with E-state index < -0.39 is 0 Å². The predicted molar refractivity (Wildman–Crippen MR) is 118 cm³/mol. The number of benzene rings is 2. The van der Waals surface area contributed by atoms with E-state index in [0.29, 0.717) is 12.1 Å². The van der Waals surface area contributed by atoms with E-state index in [-0.39, 0.29) is 0 Å². The minimum atomic E-state index is 0.319. The van der Waals surface area contributed by atoms with Crippen molar-refractivity contribution < 1.29 is 0 Å². The molecule has 4 aromatic rings. The van der Waals surface area contributed by atoms with E-state index in [9.17, 15) is 0 Å². The Morgan fingerprint density at radius 2 is 1.93 bits per heavy atom. The summed E-state index contributed by atoms with van der Waals surface area (Å²) in [7, 11) is 0. The number of fused-ring (bicyclic) bond motifs is 3. The maximum Gasteiger partial charge on any atom is 0.0606 e. The Bertz CT molecular complexity index is 1150. The molecule has 0 fully saturated rings. The Morgan fingerprint density at radius 3 is 2.76 bits per heavy atom. The third-order valence-electron chi connectivity index (χ3n) is 6.07. The fourth-order valence-electron chi connectivity index (χ4n) is 4.58. The first kappa shape index (κ1) is 18.1. The molecule has 0 saturated carbocycles. The van der Waals surface area contributed by atoms with E-state index >= 15 is 0 Å². The van der Waals surface area contributed by atoms with Gasteiger partial charge in [-0.3, -0.25) is 0 Å². The first-order valence-corrected chi connectivity index (χ1v) is 10.4. The van der Waals surface area contributed by atoms with E-state index in [1.165, 1.54) is 39.7 Å². The van der Waals surface area contributed by atoms with Gasteiger partial charge in [-0.05, 0) is 68.0 Å². The highest BCUT2D eigenvalue weighted by molar-refractivity contribution is 5.89. The molecular weight excluding hydrogens is 356 g/mol. The molecule has 146 valence electrons. The maximum atomic E-state index is 4.12. The minimum Gasteiger partial charge on any atom is -0.357 e. The van der Waals surface area contributed by atoms with Crippen molar-refractivity contribution in [3.05, 3.63) is 83.3 Å². The lowest BCUT2D eigenvalue weighted by molar-refractivity contribution is 0.410. The highest BCUT2D eigenvalue weighted by Gasteiger charge is 2.25. The van der Waals surface area contributed by atoms with Crippen molar-refractivity contribution in [2.45, 2.75) is 45.2 Å². The van der Waals surface area contributed by atoms with Crippen molar-refractivity contribution in [1.82, 2.24) is 20.5 Å². The number of nitrogens with one attached hydrogen (secondary N) is 2. The van der Waals surface area contributed by atoms with Crippen LogP contribution in [0.5, 0.6) is 0 Å². The normalized spacial score (nSPS) is 17.2. The number of aromatic amines is 1. The smallest absolute Gasteiger partial charge is 0.0606 e. The summed E-state index contributed by atoms with van der Waals surface area (Å²) >= 11 is 0. The molecule has 2 unspecified atom stereocenters. The van der Waals surface area contributed by atoms with Crippen LogP contribution in [0.3, 0.4) is 0 Å². The van der Waals surface area contributed by atoms with E-state index in [4.69, 9.17) is 0 Å². The molecular formula is C25H26N4. The van der Waals surface area contributed by atoms with Gasteiger partial charge in [0, 0.05) is 34.2 Å². The van der Waals surface area contributed by atoms with Crippen LogP contribution >= 0.6 is 0 Å². The summed E-state index contributed by atoms with van der Waals surface area (Å²) < 4.78 is 0. The van der Waals surface area contributed by atoms with Gasteiger partial charge >= 0.3 is 0 Å². The first-order chi connectivity index (χ1) is 14.2. The number of aromatic nitrogens is 3. The maximum absolute atomic E-state index is 4.12.